The molecule has 3 N–H and O–H groups in total. The third kappa shape index (κ3) is 147. The number of unbranched alkanes of at least 4 members (excludes halogenated alkanes) is 3. The summed E-state index contributed by atoms with van der Waals surface area (Å²) < 4.78 is 43.1. The molecule has 0 spiro atoms. The van der Waals surface area contributed by atoms with Crippen molar-refractivity contribution in [1.82, 2.24) is 0 Å². The first-order chi connectivity index (χ1) is 12.8. The zero-order chi connectivity index (χ0) is 23.5. The number of aliphatic hydroxyl groups excluding tert-OH is 1. The summed E-state index contributed by atoms with van der Waals surface area (Å²) in [4.78, 5) is 0. The number of nitrogens with two attached hydrogens (primary N) is 1. The molecule has 0 aromatic carbocycles. The van der Waals surface area contributed by atoms with Crippen molar-refractivity contribution >= 4 is 29.9 Å². The maximum absolute atomic E-state index is 10.1. The molecule has 10 heteroatoms. The summed E-state index contributed by atoms with van der Waals surface area (Å²) in [6.07, 6.45) is 21.9. The largest absolute Gasteiger partial charge is 0.384 e. The molecule has 0 bridgehead atoms. The zero-order valence-corrected chi connectivity index (χ0v) is 19.5. The fraction of sp³-hybridized carbons (Fsp3) is 0.667. The van der Waals surface area contributed by atoms with Gasteiger partial charge < -0.3 is 10.8 Å². The number of halogens is 1. The number of rotatable bonds is 6. The van der Waals surface area contributed by atoms with Crippen LogP contribution in [0, 0.1) is 37.0 Å². The van der Waals surface area contributed by atoms with Crippen molar-refractivity contribution in [3.63, 3.8) is 0 Å². The van der Waals surface area contributed by atoms with Gasteiger partial charge in [-0.05, 0) is 19.4 Å². The second-order valence-electron chi connectivity index (χ2n) is 4.66. The molecule has 0 amide bonds. The Morgan fingerprint density at radius 3 is 1.50 bits per heavy atom. The van der Waals surface area contributed by atoms with Crippen LogP contribution in [0.4, 0.5) is 0 Å². The smallest absolute Gasteiger partial charge is 0.265 e. The second kappa shape index (κ2) is 30.5. The first kappa shape index (κ1) is 37.5. The monoisotopic (exact) mass is 459 g/mol. The van der Waals surface area contributed by atoms with Crippen LogP contribution in [0.1, 0.15) is 46.0 Å². The number of terminal acetylenes is 3. The van der Waals surface area contributed by atoms with Gasteiger partial charge in [0.1, 0.15) is 13.2 Å². The van der Waals surface area contributed by atoms with Gasteiger partial charge in [0.15, 0.2) is 0 Å². The molecule has 0 fully saturated rings. The van der Waals surface area contributed by atoms with Crippen molar-refractivity contribution in [3.8, 4) is 37.0 Å². The maximum Gasteiger partial charge on any atom is 0.265 e. The van der Waals surface area contributed by atoms with E-state index in [0.29, 0.717) is 0 Å². The van der Waals surface area contributed by atoms with Gasteiger partial charge >= 0.3 is 0 Å². The molecule has 0 radical (unpaired) electrons. The van der Waals surface area contributed by atoms with Crippen LogP contribution in [0.25, 0.3) is 0 Å². The van der Waals surface area contributed by atoms with Crippen LogP contribution in [-0.2, 0) is 23.4 Å². The highest BCUT2D eigenvalue weighted by atomic mass is 35.7. The molecule has 0 aromatic rings. The molecule has 0 saturated carbocycles. The van der Waals surface area contributed by atoms with Crippen molar-refractivity contribution < 1.29 is 26.1 Å². The van der Waals surface area contributed by atoms with Gasteiger partial charge in [0.25, 0.3) is 10.1 Å². The van der Waals surface area contributed by atoms with Crippen LogP contribution in [0.5, 0.6) is 0 Å². The number of hydrogen-bond donors (Lipinski definition) is 2. The topological polar surface area (TPSA) is 124 Å². The van der Waals surface area contributed by atoms with Gasteiger partial charge in [-0.2, -0.15) is 8.42 Å². The molecule has 0 aliphatic heterocycles. The molecule has 0 heterocycles. The minimum Gasteiger partial charge on any atom is -0.384 e. The summed E-state index contributed by atoms with van der Waals surface area (Å²) in [6, 6.07) is 0. The highest BCUT2D eigenvalue weighted by Crippen LogP contribution is 1.95. The van der Waals surface area contributed by atoms with Crippen LogP contribution in [0.3, 0.4) is 0 Å². The molecule has 0 unspecified atom stereocenters. The van der Waals surface area contributed by atoms with E-state index in [1.807, 2.05) is 11.8 Å². The molecule has 166 valence electrons. The van der Waals surface area contributed by atoms with E-state index in [9.17, 15) is 16.8 Å². The van der Waals surface area contributed by atoms with Crippen LogP contribution in [-0.4, -0.2) is 54.2 Å². The maximum atomic E-state index is 10.1. The van der Waals surface area contributed by atoms with E-state index in [4.69, 9.17) is 23.7 Å². The summed E-state index contributed by atoms with van der Waals surface area (Å²) in [6.45, 7) is 4.72. The molecule has 0 aliphatic carbocycles. The zero-order valence-electron chi connectivity index (χ0n) is 17.1. The molecule has 0 aromatic heterocycles. The minimum atomic E-state index is -3.33. The fourth-order valence-corrected chi connectivity index (χ4v) is 0.900. The first-order valence-corrected chi connectivity index (χ1v) is 12.7. The van der Waals surface area contributed by atoms with E-state index >= 15 is 0 Å². The molecular formula is C18H34ClNO6S2. The molecule has 0 saturated heterocycles. The first-order valence-electron chi connectivity index (χ1n) is 8.16. The lowest BCUT2D eigenvalue weighted by atomic mass is 10.2. The normalized spacial score (nSPS) is 8.86. The predicted molar refractivity (Wildman–Crippen MR) is 119 cm³/mol. The molecule has 28 heavy (non-hydrogen) atoms. The Morgan fingerprint density at radius 1 is 0.964 bits per heavy atom. The highest BCUT2D eigenvalue weighted by Gasteiger charge is 1.96. The quantitative estimate of drug-likeness (QED) is 0.269. The van der Waals surface area contributed by atoms with Crippen molar-refractivity contribution in [2.45, 2.75) is 46.0 Å². The predicted octanol–water partition coefficient (Wildman–Crippen LogP) is 1.95. The van der Waals surface area contributed by atoms with Gasteiger partial charge in [-0.1, -0.05) is 38.5 Å². The highest BCUT2D eigenvalue weighted by molar-refractivity contribution is 8.13. The standard InChI is InChI=1S/C7H12.C4H6O3S.C3H9N.C3H4O.CH3ClO2S/c1-3-5-7-6-4-2;1-3-4-7-8(2,5)6;2*1-2-3-4;1-5(2,3)4/h1H,4-7H2,2H3;1H,4H2,2H3;2-4H2,1H3;1,4H,3H2;1H3. The average molecular weight is 460 g/mol. The van der Waals surface area contributed by atoms with Crippen molar-refractivity contribution in [2.24, 2.45) is 5.73 Å². The Labute approximate surface area is 176 Å². The molecule has 0 atom stereocenters. The van der Waals surface area contributed by atoms with Crippen LogP contribution < -0.4 is 5.73 Å². The third-order valence-corrected chi connectivity index (χ3v) is 2.21. The lowest BCUT2D eigenvalue weighted by Crippen LogP contribution is -2.01. The summed E-state index contributed by atoms with van der Waals surface area (Å²) in [5.74, 6) is 6.61. The lowest BCUT2D eigenvalue weighted by molar-refractivity contribution is 0.351. The van der Waals surface area contributed by atoms with Crippen LogP contribution in [0.15, 0.2) is 0 Å². The Morgan fingerprint density at radius 2 is 1.36 bits per heavy atom. The van der Waals surface area contributed by atoms with Crippen molar-refractivity contribution in [3.05, 3.63) is 0 Å². The Bertz CT molecular complexity index is 616. The van der Waals surface area contributed by atoms with Gasteiger partial charge in [0, 0.05) is 17.1 Å². The summed E-state index contributed by atoms with van der Waals surface area (Å²) in [5, 5.41) is 7.64. The van der Waals surface area contributed by atoms with Gasteiger partial charge in [0.05, 0.1) is 12.5 Å². The van der Waals surface area contributed by atoms with Gasteiger partial charge in [-0.25, -0.2) is 8.42 Å². The molecular weight excluding hydrogens is 426 g/mol. The summed E-state index contributed by atoms with van der Waals surface area (Å²) >= 11 is 0. The van der Waals surface area contributed by atoms with Gasteiger partial charge in [-0.3, -0.25) is 4.18 Å². The molecule has 0 rings (SSSR count). The van der Waals surface area contributed by atoms with Crippen molar-refractivity contribution in [2.75, 3.05) is 32.3 Å². The van der Waals surface area contributed by atoms with Gasteiger partial charge in [-0.15, -0.1) is 25.2 Å². The fourth-order valence-electron chi connectivity index (χ4n) is 0.618. The van der Waals surface area contributed by atoms with Gasteiger partial charge in [0.2, 0.25) is 9.05 Å². The van der Waals surface area contributed by atoms with E-state index in [1.54, 1.807) is 0 Å². The van der Waals surface area contributed by atoms with E-state index < -0.39 is 19.2 Å². The van der Waals surface area contributed by atoms with E-state index in [1.165, 1.54) is 19.3 Å². The summed E-state index contributed by atoms with van der Waals surface area (Å²) in [5.41, 5.74) is 5.03. The number of hydrogen-bond acceptors (Lipinski definition) is 7. The number of aliphatic hydroxyl groups is 1. The third-order valence-electron chi connectivity index (χ3n) is 1.66. The van der Waals surface area contributed by atoms with Crippen LogP contribution in [0.2, 0.25) is 0 Å². The van der Waals surface area contributed by atoms with Crippen molar-refractivity contribution in [1.29, 1.82) is 0 Å². The molecule has 7 nitrogen and oxygen atoms in total. The molecule has 0 aliphatic rings. The van der Waals surface area contributed by atoms with E-state index in [-0.39, 0.29) is 13.2 Å². The summed E-state index contributed by atoms with van der Waals surface area (Å²) in [7, 11) is -2.02. The van der Waals surface area contributed by atoms with Crippen LogP contribution >= 0.6 is 10.7 Å². The van der Waals surface area contributed by atoms with E-state index in [2.05, 4.69) is 41.1 Å². The average Bonchev–Trinajstić information content (AvgIpc) is 2.59. The SMILES string of the molecule is C#CCCCCC.C#CCO.C#CCOS(C)(=O)=O.CCCN.CS(=O)(=O)Cl. The Hall–Kier alpha value is -1.25. The Balaban J connectivity index is -0.0000000812. The second-order valence-corrected chi connectivity index (χ2v) is 9.35. The minimum absolute atomic E-state index is 0.153. The Kier molecular flexibility index (Phi) is 40.8. The van der Waals surface area contributed by atoms with E-state index in [0.717, 1.165) is 31.9 Å². The lowest BCUT2D eigenvalue weighted by Gasteiger charge is -1.90.